The number of benzene rings is 1. The van der Waals surface area contributed by atoms with Crippen molar-refractivity contribution in [1.82, 2.24) is 15.5 Å². The average molecular weight is 435 g/mol. The van der Waals surface area contributed by atoms with Crippen LogP contribution in [-0.4, -0.2) is 36.5 Å². The fourth-order valence-electron chi connectivity index (χ4n) is 3.18. The molecule has 140 valence electrons. The van der Waals surface area contributed by atoms with E-state index >= 15 is 0 Å². The highest BCUT2D eigenvalue weighted by Gasteiger charge is 2.20. The first-order chi connectivity index (χ1) is 12.7. The van der Waals surface area contributed by atoms with Crippen LogP contribution in [0.5, 0.6) is 0 Å². The van der Waals surface area contributed by atoms with Gasteiger partial charge in [0.15, 0.2) is 5.96 Å². The lowest BCUT2D eigenvalue weighted by molar-refractivity contribution is 0.198. The summed E-state index contributed by atoms with van der Waals surface area (Å²) >= 11 is 5.26. The van der Waals surface area contributed by atoms with Gasteiger partial charge in [0.25, 0.3) is 0 Å². The molecule has 1 aromatic heterocycles. The number of hydrogen-bond acceptors (Lipinski definition) is 3. The standard InChI is InChI=1S/C20H27BrN4S/c1-2-22-20(23-14-18-8-9-19(21)26-18)24-17-10-12-25(13-11-17)15-16-6-4-3-5-7-16/h3-9,17H,2,10-15H2,1H3,(H2,22,23,24). The molecule has 2 N–H and O–H groups in total. The lowest BCUT2D eigenvalue weighted by Gasteiger charge is -2.33. The molecule has 0 bridgehead atoms. The Kier molecular flexibility index (Phi) is 7.53. The first-order valence-corrected chi connectivity index (χ1v) is 10.9. The van der Waals surface area contributed by atoms with E-state index in [2.05, 4.69) is 80.9 Å². The minimum absolute atomic E-state index is 0.495. The summed E-state index contributed by atoms with van der Waals surface area (Å²) < 4.78 is 1.16. The van der Waals surface area contributed by atoms with E-state index in [0.717, 1.165) is 55.3 Å². The van der Waals surface area contributed by atoms with Gasteiger partial charge in [0, 0.05) is 37.1 Å². The fraction of sp³-hybridized carbons (Fsp3) is 0.450. The summed E-state index contributed by atoms with van der Waals surface area (Å²) in [5, 5.41) is 7.00. The number of hydrogen-bond donors (Lipinski definition) is 2. The van der Waals surface area contributed by atoms with Crippen molar-refractivity contribution in [1.29, 1.82) is 0 Å². The summed E-state index contributed by atoms with van der Waals surface area (Å²) in [7, 11) is 0. The third-order valence-corrected chi connectivity index (χ3v) is 6.15. The molecule has 2 heterocycles. The van der Waals surface area contributed by atoms with Crippen LogP contribution in [0.1, 0.15) is 30.2 Å². The van der Waals surface area contributed by atoms with Crippen molar-refractivity contribution < 1.29 is 0 Å². The van der Waals surface area contributed by atoms with Crippen LogP contribution in [-0.2, 0) is 13.1 Å². The number of aliphatic imine (C=N–C) groups is 1. The number of guanidine groups is 1. The van der Waals surface area contributed by atoms with Gasteiger partial charge in [-0.1, -0.05) is 30.3 Å². The Hall–Kier alpha value is -1.37. The van der Waals surface area contributed by atoms with Crippen molar-refractivity contribution in [2.24, 2.45) is 4.99 Å². The van der Waals surface area contributed by atoms with Gasteiger partial charge in [-0.15, -0.1) is 11.3 Å². The van der Waals surface area contributed by atoms with E-state index < -0.39 is 0 Å². The number of nitrogens with one attached hydrogen (secondary N) is 2. The van der Waals surface area contributed by atoms with Gasteiger partial charge < -0.3 is 10.6 Å². The Balaban J connectivity index is 1.47. The number of halogens is 1. The Morgan fingerprint density at radius 1 is 1.19 bits per heavy atom. The number of rotatable bonds is 6. The van der Waals surface area contributed by atoms with Crippen LogP contribution in [0, 0.1) is 0 Å². The predicted octanol–water partition coefficient (Wildman–Crippen LogP) is 4.23. The molecule has 2 aromatic rings. The Labute approximate surface area is 168 Å². The molecule has 0 unspecified atom stereocenters. The lowest BCUT2D eigenvalue weighted by atomic mass is 10.0. The third-order valence-electron chi connectivity index (χ3n) is 4.54. The second kappa shape index (κ2) is 10.1. The molecule has 1 aromatic carbocycles. The summed E-state index contributed by atoms with van der Waals surface area (Å²) in [6, 6.07) is 15.4. The van der Waals surface area contributed by atoms with Gasteiger partial charge in [0.2, 0.25) is 0 Å². The first-order valence-electron chi connectivity index (χ1n) is 9.28. The second-order valence-electron chi connectivity index (χ2n) is 6.58. The van der Waals surface area contributed by atoms with Crippen molar-refractivity contribution in [3.05, 3.63) is 56.7 Å². The molecule has 1 aliphatic rings. The molecule has 26 heavy (non-hydrogen) atoms. The predicted molar refractivity (Wildman–Crippen MR) is 115 cm³/mol. The average Bonchev–Trinajstić information content (AvgIpc) is 3.08. The molecule has 0 atom stereocenters. The number of thiophene rings is 1. The second-order valence-corrected chi connectivity index (χ2v) is 9.13. The number of nitrogens with zero attached hydrogens (tertiary/aromatic N) is 2. The fourth-order valence-corrected chi connectivity index (χ4v) is 4.59. The van der Waals surface area contributed by atoms with Gasteiger partial charge in [-0.25, -0.2) is 4.99 Å². The topological polar surface area (TPSA) is 39.7 Å². The quantitative estimate of drug-likeness (QED) is 0.527. The van der Waals surface area contributed by atoms with E-state index in [1.54, 1.807) is 11.3 Å². The van der Waals surface area contributed by atoms with E-state index in [9.17, 15) is 0 Å². The maximum absolute atomic E-state index is 4.75. The van der Waals surface area contributed by atoms with Gasteiger partial charge in [-0.05, 0) is 53.4 Å². The summed E-state index contributed by atoms with van der Waals surface area (Å²) in [6.45, 7) is 7.02. The van der Waals surface area contributed by atoms with Crippen molar-refractivity contribution in [2.75, 3.05) is 19.6 Å². The van der Waals surface area contributed by atoms with Gasteiger partial charge in [0.1, 0.15) is 0 Å². The number of likely N-dealkylation sites (tertiary alicyclic amines) is 1. The smallest absolute Gasteiger partial charge is 0.191 e. The lowest BCUT2D eigenvalue weighted by Crippen LogP contribution is -2.48. The van der Waals surface area contributed by atoms with E-state index in [0.29, 0.717) is 6.04 Å². The molecule has 0 amide bonds. The minimum atomic E-state index is 0.495. The van der Waals surface area contributed by atoms with Crippen LogP contribution in [0.2, 0.25) is 0 Å². The zero-order valence-electron chi connectivity index (χ0n) is 15.2. The van der Waals surface area contributed by atoms with Gasteiger partial charge in [-0.2, -0.15) is 0 Å². The zero-order chi connectivity index (χ0) is 18.2. The zero-order valence-corrected chi connectivity index (χ0v) is 17.7. The highest BCUT2D eigenvalue weighted by molar-refractivity contribution is 9.11. The maximum Gasteiger partial charge on any atom is 0.191 e. The Bertz CT molecular complexity index is 693. The third kappa shape index (κ3) is 6.11. The summed E-state index contributed by atoms with van der Waals surface area (Å²) in [6.07, 6.45) is 2.31. The molecule has 6 heteroatoms. The molecule has 4 nitrogen and oxygen atoms in total. The van der Waals surface area contributed by atoms with Crippen molar-refractivity contribution in [3.8, 4) is 0 Å². The molecule has 1 fully saturated rings. The van der Waals surface area contributed by atoms with E-state index in [1.807, 2.05) is 0 Å². The molecular formula is C20H27BrN4S. The van der Waals surface area contributed by atoms with Crippen LogP contribution in [0.25, 0.3) is 0 Å². The molecular weight excluding hydrogens is 408 g/mol. The van der Waals surface area contributed by atoms with Crippen LogP contribution >= 0.6 is 27.3 Å². The van der Waals surface area contributed by atoms with Crippen molar-refractivity contribution in [3.63, 3.8) is 0 Å². The SMILES string of the molecule is CCNC(=NCc1ccc(Br)s1)NC1CCN(Cc2ccccc2)CC1. The van der Waals surface area contributed by atoms with E-state index in [-0.39, 0.29) is 0 Å². The molecule has 0 radical (unpaired) electrons. The van der Waals surface area contributed by atoms with E-state index in [1.165, 1.54) is 10.4 Å². The van der Waals surface area contributed by atoms with Gasteiger partial charge in [-0.3, -0.25) is 4.90 Å². The minimum Gasteiger partial charge on any atom is -0.357 e. The maximum atomic E-state index is 4.75. The van der Waals surface area contributed by atoms with Crippen molar-refractivity contribution >= 4 is 33.2 Å². The van der Waals surface area contributed by atoms with Crippen LogP contribution in [0.15, 0.2) is 51.2 Å². The van der Waals surface area contributed by atoms with E-state index in [4.69, 9.17) is 4.99 Å². The highest BCUT2D eigenvalue weighted by atomic mass is 79.9. The van der Waals surface area contributed by atoms with Crippen LogP contribution < -0.4 is 10.6 Å². The Morgan fingerprint density at radius 2 is 1.96 bits per heavy atom. The molecule has 1 saturated heterocycles. The van der Waals surface area contributed by atoms with Crippen LogP contribution in [0.4, 0.5) is 0 Å². The Morgan fingerprint density at radius 3 is 2.62 bits per heavy atom. The molecule has 0 spiro atoms. The summed E-state index contributed by atoms with van der Waals surface area (Å²) in [5.74, 6) is 0.929. The number of piperidine rings is 1. The van der Waals surface area contributed by atoms with Gasteiger partial charge in [0.05, 0.1) is 10.3 Å². The largest absolute Gasteiger partial charge is 0.357 e. The normalized spacial score (nSPS) is 16.6. The molecule has 0 saturated carbocycles. The molecule has 1 aliphatic heterocycles. The summed E-state index contributed by atoms with van der Waals surface area (Å²) in [4.78, 5) is 8.56. The molecule has 0 aliphatic carbocycles. The highest BCUT2D eigenvalue weighted by Crippen LogP contribution is 2.22. The van der Waals surface area contributed by atoms with Gasteiger partial charge >= 0.3 is 0 Å². The summed E-state index contributed by atoms with van der Waals surface area (Å²) in [5.41, 5.74) is 1.40. The molecule has 3 rings (SSSR count). The van der Waals surface area contributed by atoms with Crippen LogP contribution in [0.3, 0.4) is 0 Å². The monoisotopic (exact) mass is 434 g/mol. The first kappa shape index (κ1) is 19.4. The van der Waals surface area contributed by atoms with Crippen molar-refractivity contribution in [2.45, 2.75) is 38.9 Å².